The summed E-state index contributed by atoms with van der Waals surface area (Å²) < 4.78 is 0.857. The highest BCUT2D eigenvalue weighted by atomic mass is 79.9. The van der Waals surface area contributed by atoms with Crippen LogP contribution in [0.4, 0.5) is 5.82 Å². The van der Waals surface area contributed by atoms with Gasteiger partial charge in [-0.15, -0.1) is 0 Å². The number of halogens is 3. The molecule has 2 nitrogen and oxygen atoms in total. The minimum atomic E-state index is 0.585. The van der Waals surface area contributed by atoms with Crippen molar-refractivity contribution in [1.29, 1.82) is 0 Å². The van der Waals surface area contributed by atoms with E-state index >= 15 is 0 Å². The summed E-state index contributed by atoms with van der Waals surface area (Å²) in [6.45, 7) is 0.634. The second-order valence-corrected chi connectivity index (χ2v) is 5.23. The quantitative estimate of drug-likeness (QED) is 0.876. The maximum absolute atomic E-state index is 6.05. The summed E-state index contributed by atoms with van der Waals surface area (Å²) >= 11 is 15.3. The molecule has 0 bridgehead atoms. The topological polar surface area (TPSA) is 24.9 Å². The Bertz CT molecular complexity index is 532. The van der Waals surface area contributed by atoms with Gasteiger partial charge in [-0.05, 0) is 39.7 Å². The Balaban J connectivity index is 2.07. The molecule has 1 aromatic heterocycles. The van der Waals surface area contributed by atoms with Gasteiger partial charge in [-0.1, -0.05) is 35.3 Å². The summed E-state index contributed by atoms with van der Waals surface area (Å²) in [5.41, 5.74) is 1.08. The minimum Gasteiger partial charge on any atom is -0.365 e. The smallest absolute Gasteiger partial charge is 0.145 e. The molecular weight excluding hydrogens is 323 g/mol. The zero-order valence-electron chi connectivity index (χ0n) is 8.75. The first-order valence-electron chi connectivity index (χ1n) is 4.94. The Labute approximate surface area is 118 Å². The Kier molecular flexibility index (Phi) is 4.26. The Morgan fingerprint density at radius 3 is 2.76 bits per heavy atom. The van der Waals surface area contributed by atoms with Gasteiger partial charge in [-0.25, -0.2) is 4.98 Å². The van der Waals surface area contributed by atoms with Gasteiger partial charge in [0.15, 0.2) is 0 Å². The number of rotatable bonds is 3. The number of nitrogens with zero attached hydrogens (tertiary/aromatic N) is 1. The number of hydrogen-bond acceptors (Lipinski definition) is 2. The van der Waals surface area contributed by atoms with Crippen LogP contribution in [0.1, 0.15) is 5.56 Å². The van der Waals surface area contributed by atoms with E-state index in [1.54, 1.807) is 12.3 Å². The maximum Gasteiger partial charge on any atom is 0.145 e. The Morgan fingerprint density at radius 1 is 1.24 bits per heavy atom. The van der Waals surface area contributed by atoms with Gasteiger partial charge in [-0.2, -0.15) is 0 Å². The molecule has 17 heavy (non-hydrogen) atoms. The molecule has 1 heterocycles. The van der Waals surface area contributed by atoms with Crippen molar-refractivity contribution in [3.05, 3.63) is 56.6 Å². The number of anilines is 1. The summed E-state index contributed by atoms with van der Waals surface area (Å²) in [5, 5.41) is 4.47. The van der Waals surface area contributed by atoms with Crippen LogP contribution in [0.5, 0.6) is 0 Å². The van der Waals surface area contributed by atoms with Crippen LogP contribution in [0, 0.1) is 0 Å². The van der Waals surface area contributed by atoms with E-state index < -0.39 is 0 Å². The molecule has 5 heteroatoms. The molecule has 1 aromatic carbocycles. The maximum atomic E-state index is 6.05. The summed E-state index contributed by atoms with van der Waals surface area (Å²) in [4.78, 5) is 4.19. The molecule has 2 rings (SSSR count). The van der Waals surface area contributed by atoms with Crippen LogP contribution in [0.15, 0.2) is 41.0 Å². The van der Waals surface area contributed by atoms with E-state index in [4.69, 9.17) is 23.2 Å². The number of pyridine rings is 1. The highest BCUT2D eigenvalue weighted by Gasteiger charge is 2.02. The zero-order chi connectivity index (χ0) is 12.3. The van der Waals surface area contributed by atoms with Crippen LogP contribution in [-0.4, -0.2) is 4.98 Å². The fourth-order valence-corrected chi connectivity index (χ4v) is 2.29. The molecule has 0 aliphatic carbocycles. The van der Waals surface area contributed by atoms with Gasteiger partial charge in [0.2, 0.25) is 0 Å². The van der Waals surface area contributed by atoms with Gasteiger partial charge < -0.3 is 5.32 Å². The first-order valence-corrected chi connectivity index (χ1v) is 6.49. The summed E-state index contributed by atoms with van der Waals surface area (Å²) in [6.07, 6.45) is 1.70. The van der Waals surface area contributed by atoms with Crippen LogP contribution < -0.4 is 5.32 Å². The predicted octanol–water partition coefficient (Wildman–Crippen LogP) is 4.76. The number of nitrogens with one attached hydrogen (secondary N) is 1. The third-order valence-corrected chi connectivity index (χ3v) is 3.11. The molecule has 0 amide bonds. The molecule has 0 fully saturated rings. The molecule has 0 aliphatic heterocycles. The van der Waals surface area contributed by atoms with E-state index in [9.17, 15) is 0 Å². The van der Waals surface area contributed by atoms with Crippen molar-refractivity contribution in [1.82, 2.24) is 4.98 Å². The van der Waals surface area contributed by atoms with Gasteiger partial charge in [0.25, 0.3) is 0 Å². The fraction of sp³-hybridized carbons (Fsp3) is 0.0833. The van der Waals surface area contributed by atoms with E-state index in [2.05, 4.69) is 26.2 Å². The van der Waals surface area contributed by atoms with E-state index in [-0.39, 0.29) is 0 Å². The molecular formula is C12H9BrCl2N2. The van der Waals surface area contributed by atoms with Crippen molar-refractivity contribution >= 4 is 44.9 Å². The number of benzene rings is 1. The lowest BCUT2D eigenvalue weighted by atomic mass is 10.2. The molecule has 0 saturated heterocycles. The summed E-state index contributed by atoms with van der Waals surface area (Å²) in [7, 11) is 0. The van der Waals surface area contributed by atoms with E-state index in [0.717, 1.165) is 15.1 Å². The highest BCUT2D eigenvalue weighted by molar-refractivity contribution is 9.10. The SMILES string of the molecule is Clc1cccc(CNc2ncc(Br)cc2Cl)c1. The lowest BCUT2D eigenvalue weighted by molar-refractivity contribution is 1.11. The third-order valence-electron chi connectivity index (χ3n) is 2.16. The van der Waals surface area contributed by atoms with Crippen molar-refractivity contribution in [2.45, 2.75) is 6.54 Å². The second-order valence-electron chi connectivity index (χ2n) is 3.47. The fourth-order valence-electron chi connectivity index (χ4n) is 1.38. The van der Waals surface area contributed by atoms with Crippen molar-refractivity contribution in [3.63, 3.8) is 0 Å². The van der Waals surface area contributed by atoms with Crippen LogP contribution in [-0.2, 0) is 6.54 Å². The molecule has 0 atom stereocenters. The highest BCUT2D eigenvalue weighted by Crippen LogP contribution is 2.23. The van der Waals surface area contributed by atoms with E-state index in [1.165, 1.54) is 0 Å². The van der Waals surface area contributed by atoms with Gasteiger partial charge >= 0.3 is 0 Å². The summed E-state index contributed by atoms with van der Waals surface area (Å²) in [5.74, 6) is 0.662. The van der Waals surface area contributed by atoms with E-state index in [0.29, 0.717) is 17.4 Å². The van der Waals surface area contributed by atoms with E-state index in [1.807, 2.05) is 24.3 Å². The van der Waals surface area contributed by atoms with Crippen LogP contribution in [0.2, 0.25) is 10.0 Å². The van der Waals surface area contributed by atoms with Crippen molar-refractivity contribution in [2.24, 2.45) is 0 Å². The number of aromatic nitrogens is 1. The molecule has 0 aliphatic rings. The standard InChI is InChI=1S/C12H9BrCl2N2/c13-9-5-11(15)12(17-7-9)16-6-8-2-1-3-10(14)4-8/h1-5,7H,6H2,(H,16,17). The number of hydrogen-bond donors (Lipinski definition) is 1. The van der Waals surface area contributed by atoms with Crippen LogP contribution in [0.25, 0.3) is 0 Å². The van der Waals surface area contributed by atoms with Crippen molar-refractivity contribution in [2.75, 3.05) is 5.32 Å². The van der Waals surface area contributed by atoms with Gasteiger partial charge in [0, 0.05) is 22.2 Å². The average Bonchev–Trinajstić information content (AvgIpc) is 2.28. The largest absolute Gasteiger partial charge is 0.365 e. The zero-order valence-corrected chi connectivity index (χ0v) is 11.9. The van der Waals surface area contributed by atoms with Crippen molar-refractivity contribution < 1.29 is 0 Å². The summed E-state index contributed by atoms with van der Waals surface area (Å²) in [6, 6.07) is 9.45. The minimum absolute atomic E-state index is 0.585. The molecule has 0 unspecified atom stereocenters. The Hall–Kier alpha value is -0.770. The molecule has 88 valence electrons. The molecule has 0 radical (unpaired) electrons. The van der Waals surface area contributed by atoms with Gasteiger partial charge in [0.05, 0.1) is 5.02 Å². The first kappa shape index (κ1) is 12.7. The lowest BCUT2D eigenvalue weighted by Crippen LogP contribution is -2.01. The van der Waals surface area contributed by atoms with Crippen LogP contribution >= 0.6 is 39.1 Å². The monoisotopic (exact) mass is 330 g/mol. The van der Waals surface area contributed by atoms with Gasteiger partial charge in [-0.3, -0.25) is 0 Å². The van der Waals surface area contributed by atoms with Crippen LogP contribution in [0.3, 0.4) is 0 Å². The Morgan fingerprint density at radius 2 is 2.06 bits per heavy atom. The lowest BCUT2D eigenvalue weighted by Gasteiger charge is -2.07. The van der Waals surface area contributed by atoms with Gasteiger partial charge in [0.1, 0.15) is 5.82 Å². The van der Waals surface area contributed by atoms with Crippen molar-refractivity contribution in [3.8, 4) is 0 Å². The molecule has 0 spiro atoms. The predicted molar refractivity (Wildman–Crippen MR) is 75.7 cm³/mol. The first-order chi connectivity index (χ1) is 8.15. The average molecular weight is 332 g/mol. The third kappa shape index (κ3) is 3.60. The normalized spacial score (nSPS) is 10.3. The second kappa shape index (κ2) is 5.71. The molecule has 1 N–H and O–H groups in total. The molecule has 0 saturated carbocycles. The molecule has 2 aromatic rings.